The first-order chi connectivity index (χ1) is 15.0. The van der Waals surface area contributed by atoms with Gasteiger partial charge in [-0.2, -0.15) is 5.10 Å². The van der Waals surface area contributed by atoms with Crippen LogP contribution in [0, 0.1) is 5.82 Å². The van der Waals surface area contributed by atoms with Crippen molar-refractivity contribution in [3.8, 4) is 5.69 Å². The zero-order valence-electron chi connectivity index (χ0n) is 17.3. The van der Waals surface area contributed by atoms with Gasteiger partial charge in [-0.25, -0.2) is 19.0 Å². The summed E-state index contributed by atoms with van der Waals surface area (Å²) < 4.78 is 14.8. The van der Waals surface area contributed by atoms with Crippen LogP contribution in [0.15, 0.2) is 60.8 Å². The van der Waals surface area contributed by atoms with Crippen LogP contribution >= 0.6 is 0 Å². The summed E-state index contributed by atoms with van der Waals surface area (Å²) in [6.07, 6.45) is 1.74. The van der Waals surface area contributed by atoms with E-state index in [-0.39, 0.29) is 17.6 Å². The SMILES string of the molecule is CC(C)c1nc(NCCNC(=O)c2ccc(F)cc2)c2cnn(-c3ccccc3)c2n1. The zero-order valence-corrected chi connectivity index (χ0v) is 17.3. The summed E-state index contributed by atoms with van der Waals surface area (Å²) in [5, 5.41) is 11.4. The van der Waals surface area contributed by atoms with Gasteiger partial charge in [0, 0.05) is 24.6 Å². The van der Waals surface area contributed by atoms with Crippen molar-refractivity contribution < 1.29 is 9.18 Å². The predicted molar refractivity (Wildman–Crippen MR) is 118 cm³/mol. The van der Waals surface area contributed by atoms with Gasteiger partial charge >= 0.3 is 0 Å². The lowest BCUT2D eigenvalue weighted by Crippen LogP contribution is -2.29. The summed E-state index contributed by atoms with van der Waals surface area (Å²) in [6.45, 7) is 4.92. The van der Waals surface area contributed by atoms with E-state index in [9.17, 15) is 9.18 Å². The third-order valence-electron chi connectivity index (χ3n) is 4.77. The van der Waals surface area contributed by atoms with Crippen molar-refractivity contribution in [2.75, 3.05) is 18.4 Å². The summed E-state index contributed by atoms with van der Waals surface area (Å²) in [7, 11) is 0. The van der Waals surface area contributed by atoms with Gasteiger partial charge in [0.2, 0.25) is 0 Å². The number of fused-ring (bicyclic) bond motifs is 1. The predicted octanol–water partition coefficient (Wildman–Crippen LogP) is 3.92. The average molecular weight is 418 g/mol. The molecule has 0 bridgehead atoms. The van der Waals surface area contributed by atoms with Crippen molar-refractivity contribution in [2.24, 2.45) is 0 Å². The number of halogens is 1. The Kier molecular flexibility index (Phi) is 5.88. The van der Waals surface area contributed by atoms with Gasteiger partial charge in [0.25, 0.3) is 5.91 Å². The van der Waals surface area contributed by atoms with Crippen molar-refractivity contribution in [1.29, 1.82) is 0 Å². The Balaban J connectivity index is 1.51. The van der Waals surface area contributed by atoms with Crippen LogP contribution < -0.4 is 10.6 Å². The molecule has 8 heteroatoms. The highest BCUT2D eigenvalue weighted by Gasteiger charge is 2.15. The van der Waals surface area contributed by atoms with Crippen molar-refractivity contribution in [3.63, 3.8) is 0 Å². The molecule has 0 radical (unpaired) electrons. The number of amides is 1. The Morgan fingerprint density at radius 3 is 2.48 bits per heavy atom. The van der Waals surface area contributed by atoms with Gasteiger partial charge in [-0.15, -0.1) is 0 Å². The number of aromatic nitrogens is 4. The lowest BCUT2D eigenvalue weighted by Gasteiger charge is -2.12. The molecule has 0 atom stereocenters. The smallest absolute Gasteiger partial charge is 0.251 e. The average Bonchev–Trinajstić information content (AvgIpc) is 3.21. The molecule has 2 aromatic carbocycles. The summed E-state index contributed by atoms with van der Waals surface area (Å²) in [4.78, 5) is 21.6. The number of hydrogen-bond acceptors (Lipinski definition) is 5. The largest absolute Gasteiger partial charge is 0.368 e. The van der Waals surface area contributed by atoms with E-state index < -0.39 is 0 Å². The Morgan fingerprint density at radius 2 is 1.77 bits per heavy atom. The number of carbonyl (C=O) groups is 1. The maximum atomic E-state index is 13.0. The highest BCUT2D eigenvalue weighted by molar-refractivity contribution is 5.94. The topological polar surface area (TPSA) is 84.7 Å². The number of hydrogen-bond donors (Lipinski definition) is 2. The summed E-state index contributed by atoms with van der Waals surface area (Å²) in [6, 6.07) is 15.3. The van der Waals surface area contributed by atoms with Gasteiger partial charge in [0.1, 0.15) is 17.5 Å². The number of para-hydroxylation sites is 1. The van der Waals surface area contributed by atoms with E-state index in [4.69, 9.17) is 4.98 Å². The van der Waals surface area contributed by atoms with Crippen LogP contribution in [-0.4, -0.2) is 38.7 Å². The molecule has 0 saturated carbocycles. The van der Waals surface area contributed by atoms with Crippen molar-refractivity contribution in [2.45, 2.75) is 19.8 Å². The Morgan fingerprint density at radius 1 is 1.03 bits per heavy atom. The molecule has 7 nitrogen and oxygen atoms in total. The number of nitrogens with zero attached hydrogens (tertiary/aromatic N) is 4. The lowest BCUT2D eigenvalue weighted by atomic mass is 10.2. The molecule has 158 valence electrons. The van der Waals surface area contributed by atoms with Crippen molar-refractivity contribution in [1.82, 2.24) is 25.1 Å². The molecule has 0 saturated heterocycles. The molecule has 1 amide bonds. The first-order valence-electron chi connectivity index (χ1n) is 10.1. The minimum atomic E-state index is -0.372. The summed E-state index contributed by atoms with van der Waals surface area (Å²) in [5.74, 6) is 0.898. The van der Waals surface area contributed by atoms with Crippen molar-refractivity contribution in [3.05, 3.63) is 78.0 Å². The molecular formula is C23H23FN6O. The van der Waals surface area contributed by atoms with Gasteiger partial charge < -0.3 is 10.6 Å². The molecule has 0 aliphatic heterocycles. The molecule has 2 heterocycles. The van der Waals surface area contributed by atoms with E-state index in [0.717, 1.165) is 16.7 Å². The first-order valence-corrected chi connectivity index (χ1v) is 10.1. The van der Waals surface area contributed by atoms with Gasteiger partial charge in [-0.1, -0.05) is 32.0 Å². The van der Waals surface area contributed by atoms with Crippen LogP contribution in [0.2, 0.25) is 0 Å². The third kappa shape index (κ3) is 4.53. The van der Waals surface area contributed by atoms with Crippen LogP contribution in [0.5, 0.6) is 0 Å². The monoisotopic (exact) mass is 418 g/mol. The van der Waals surface area contributed by atoms with Crippen LogP contribution in [0.1, 0.15) is 35.9 Å². The second-order valence-electron chi connectivity index (χ2n) is 7.40. The van der Waals surface area contributed by atoms with Gasteiger partial charge in [0.05, 0.1) is 17.3 Å². The van der Waals surface area contributed by atoms with Crippen molar-refractivity contribution >= 4 is 22.8 Å². The molecule has 2 N–H and O–H groups in total. The second-order valence-corrected chi connectivity index (χ2v) is 7.40. The number of carbonyl (C=O) groups excluding carboxylic acids is 1. The van der Waals surface area contributed by atoms with Gasteiger partial charge in [-0.05, 0) is 36.4 Å². The fourth-order valence-electron chi connectivity index (χ4n) is 3.14. The molecule has 0 fully saturated rings. The van der Waals surface area contributed by atoms with E-state index in [1.54, 1.807) is 10.9 Å². The number of nitrogens with one attached hydrogen (secondary N) is 2. The number of anilines is 1. The molecule has 4 rings (SSSR count). The normalized spacial score (nSPS) is 11.1. The highest BCUT2D eigenvalue weighted by atomic mass is 19.1. The standard InChI is InChI=1S/C23H23FN6O/c1-15(2)20-28-21(25-12-13-26-23(31)16-8-10-17(24)11-9-16)19-14-27-30(22(19)29-20)18-6-4-3-5-7-18/h3-11,14-15H,12-13H2,1-2H3,(H,26,31)(H,25,28,29). The molecule has 4 aromatic rings. The van der Waals surface area contributed by atoms with Crippen LogP contribution in [0.4, 0.5) is 10.2 Å². The minimum Gasteiger partial charge on any atom is -0.368 e. The van der Waals surface area contributed by atoms with E-state index >= 15 is 0 Å². The fourth-order valence-corrected chi connectivity index (χ4v) is 3.14. The quantitative estimate of drug-likeness (QED) is 0.445. The fraction of sp³-hybridized carbons (Fsp3) is 0.217. The Labute approximate surface area is 179 Å². The zero-order chi connectivity index (χ0) is 21.8. The van der Waals surface area contributed by atoms with E-state index in [1.807, 2.05) is 44.2 Å². The van der Waals surface area contributed by atoms with E-state index in [1.165, 1.54) is 24.3 Å². The summed E-state index contributed by atoms with van der Waals surface area (Å²) in [5.41, 5.74) is 2.06. The molecule has 0 unspecified atom stereocenters. The van der Waals surface area contributed by atoms with Crippen LogP contribution in [-0.2, 0) is 0 Å². The molecule has 0 spiro atoms. The summed E-state index contributed by atoms with van der Waals surface area (Å²) >= 11 is 0. The number of benzene rings is 2. The second kappa shape index (κ2) is 8.91. The number of rotatable bonds is 7. The maximum absolute atomic E-state index is 13.0. The van der Waals surface area contributed by atoms with E-state index in [0.29, 0.717) is 30.3 Å². The Hall–Kier alpha value is -3.81. The van der Waals surface area contributed by atoms with Gasteiger partial charge in [0.15, 0.2) is 5.65 Å². The first kappa shape index (κ1) is 20.5. The van der Waals surface area contributed by atoms with Crippen LogP contribution in [0.3, 0.4) is 0 Å². The minimum absolute atomic E-state index is 0.141. The Bertz CT molecular complexity index is 1190. The highest BCUT2D eigenvalue weighted by Crippen LogP contribution is 2.24. The van der Waals surface area contributed by atoms with Gasteiger partial charge in [-0.3, -0.25) is 4.79 Å². The third-order valence-corrected chi connectivity index (χ3v) is 4.77. The molecule has 2 aromatic heterocycles. The molecule has 0 aliphatic rings. The molecule has 31 heavy (non-hydrogen) atoms. The van der Waals surface area contributed by atoms with E-state index in [2.05, 4.69) is 20.7 Å². The van der Waals surface area contributed by atoms with Crippen LogP contribution in [0.25, 0.3) is 16.7 Å². The maximum Gasteiger partial charge on any atom is 0.251 e. The molecular weight excluding hydrogens is 395 g/mol. The lowest BCUT2D eigenvalue weighted by molar-refractivity contribution is 0.0955. The molecule has 0 aliphatic carbocycles.